The molecule has 108 valence electrons. The lowest BCUT2D eigenvalue weighted by Crippen LogP contribution is -2.26. The number of rotatable bonds is 4. The number of benzene rings is 1. The lowest BCUT2D eigenvalue weighted by Gasteiger charge is -2.16. The van der Waals surface area contributed by atoms with Gasteiger partial charge in [0.15, 0.2) is 0 Å². The minimum atomic E-state index is -4.49. The Hall–Kier alpha value is -1.74. The van der Waals surface area contributed by atoms with Crippen LogP contribution in [-0.4, -0.2) is 31.1 Å². The van der Waals surface area contributed by atoms with Crippen LogP contribution in [0.2, 0.25) is 0 Å². The fourth-order valence-corrected chi connectivity index (χ4v) is 2.36. The second-order valence-corrected chi connectivity index (χ2v) is 4.85. The maximum Gasteiger partial charge on any atom is 0.417 e. The van der Waals surface area contributed by atoms with E-state index in [-0.39, 0.29) is 5.56 Å². The van der Waals surface area contributed by atoms with Crippen molar-refractivity contribution in [2.45, 2.75) is 19.0 Å². The van der Waals surface area contributed by atoms with Crippen LogP contribution in [0.25, 0.3) is 0 Å². The van der Waals surface area contributed by atoms with Crippen molar-refractivity contribution in [1.82, 2.24) is 4.90 Å². The highest BCUT2D eigenvalue weighted by atomic mass is 19.4. The summed E-state index contributed by atoms with van der Waals surface area (Å²) < 4.78 is 37.9. The lowest BCUT2D eigenvalue weighted by atomic mass is 10.1. The van der Waals surface area contributed by atoms with Gasteiger partial charge in [-0.1, -0.05) is 0 Å². The summed E-state index contributed by atoms with van der Waals surface area (Å²) in [5, 5.41) is 11.9. The van der Waals surface area contributed by atoms with E-state index in [4.69, 9.17) is 5.26 Å². The molecule has 0 saturated carbocycles. The lowest BCUT2D eigenvalue weighted by molar-refractivity contribution is -0.137. The van der Waals surface area contributed by atoms with Crippen molar-refractivity contribution in [1.29, 1.82) is 5.26 Å². The molecule has 3 nitrogen and oxygen atoms in total. The molecule has 0 atom stereocenters. The highest BCUT2D eigenvalue weighted by Gasteiger charge is 2.33. The van der Waals surface area contributed by atoms with Crippen molar-refractivity contribution in [2.24, 2.45) is 0 Å². The fourth-order valence-electron chi connectivity index (χ4n) is 2.36. The van der Waals surface area contributed by atoms with Gasteiger partial charge in [-0.15, -0.1) is 0 Å². The Morgan fingerprint density at radius 1 is 1.25 bits per heavy atom. The molecule has 1 aliphatic heterocycles. The number of nitrogens with zero attached hydrogens (tertiary/aromatic N) is 2. The molecule has 1 saturated heterocycles. The number of likely N-dealkylation sites (tertiary alicyclic amines) is 1. The van der Waals surface area contributed by atoms with Crippen molar-refractivity contribution in [3.63, 3.8) is 0 Å². The molecular formula is C14H16F3N3. The van der Waals surface area contributed by atoms with Crippen molar-refractivity contribution in [2.75, 3.05) is 31.5 Å². The number of hydrogen-bond donors (Lipinski definition) is 1. The summed E-state index contributed by atoms with van der Waals surface area (Å²) in [6.45, 7) is 3.69. The van der Waals surface area contributed by atoms with Gasteiger partial charge in [-0.3, -0.25) is 0 Å². The van der Waals surface area contributed by atoms with E-state index in [1.54, 1.807) is 6.07 Å². The first kappa shape index (κ1) is 14.7. The van der Waals surface area contributed by atoms with Gasteiger partial charge in [-0.05, 0) is 44.1 Å². The second-order valence-electron chi connectivity index (χ2n) is 4.85. The van der Waals surface area contributed by atoms with Crippen LogP contribution in [-0.2, 0) is 6.18 Å². The molecule has 1 N–H and O–H groups in total. The Kier molecular flexibility index (Phi) is 4.50. The van der Waals surface area contributed by atoms with E-state index in [0.29, 0.717) is 12.2 Å². The van der Waals surface area contributed by atoms with Crippen LogP contribution in [0.3, 0.4) is 0 Å². The molecule has 0 spiro atoms. The van der Waals surface area contributed by atoms with Crippen molar-refractivity contribution < 1.29 is 13.2 Å². The van der Waals surface area contributed by atoms with Crippen LogP contribution in [0.4, 0.5) is 18.9 Å². The molecular weight excluding hydrogens is 267 g/mol. The van der Waals surface area contributed by atoms with Crippen LogP contribution in [0.15, 0.2) is 18.2 Å². The molecule has 6 heteroatoms. The molecule has 0 radical (unpaired) electrons. The van der Waals surface area contributed by atoms with Crippen LogP contribution >= 0.6 is 0 Å². The number of nitrogens with one attached hydrogen (secondary N) is 1. The average Bonchev–Trinajstić information content (AvgIpc) is 2.90. The minimum absolute atomic E-state index is 0.344. The molecule has 20 heavy (non-hydrogen) atoms. The zero-order chi connectivity index (χ0) is 14.6. The average molecular weight is 283 g/mol. The molecule has 1 aromatic rings. The molecule has 0 bridgehead atoms. The Labute approximate surface area is 116 Å². The maximum atomic E-state index is 12.6. The number of anilines is 1. The predicted molar refractivity (Wildman–Crippen MR) is 70.3 cm³/mol. The minimum Gasteiger partial charge on any atom is -0.384 e. The zero-order valence-corrected chi connectivity index (χ0v) is 11.0. The van der Waals surface area contributed by atoms with E-state index < -0.39 is 11.7 Å². The molecule has 1 aliphatic rings. The van der Waals surface area contributed by atoms with Gasteiger partial charge in [0.1, 0.15) is 0 Å². The van der Waals surface area contributed by atoms with Gasteiger partial charge >= 0.3 is 6.18 Å². The Bertz CT molecular complexity index is 499. The molecule has 0 aromatic heterocycles. The highest BCUT2D eigenvalue weighted by molar-refractivity contribution is 5.53. The normalized spacial score (nSPS) is 16.1. The quantitative estimate of drug-likeness (QED) is 0.923. The summed E-state index contributed by atoms with van der Waals surface area (Å²) in [6.07, 6.45) is -2.07. The molecule has 0 unspecified atom stereocenters. The monoisotopic (exact) mass is 283 g/mol. The number of hydrogen-bond acceptors (Lipinski definition) is 3. The molecule has 0 aliphatic carbocycles. The van der Waals surface area contributed by atoms with Gasteiger partial charge < -0.3 is 10.2 Å². The van der Waals surface area contributed by atoms with Crippen LogP contribution < -0.4 is 5.32 Å². The van der Waals surface area contributed by atoms with Crippen LogP contribution in [0.5, 0.6) is 0 Å². The van der Waals surface area contributed by atoms with Gasteiger partial charge in [-0.2, -0.15) is 18.4 Å². The molecule has 1 fully saturated rings. The van der Waals surface area contributed by atoms with Crippen molar-refractivity contribution in [3.8, 4) is 6.07 Å². The van der Waals surface area contributed by atoms with Crippen molar-refractivity contribution >= 4 is 5.69 Å². The van der Waals surface area contributed by atoms with Gasteiger partial charge in [0.2, 0.25) is 0 Å². The third kappa shape index (κ3) is 3.64. The van der Waals surface area contributed by atoms with Gasteiger partial charge in [0.25, 0.3) is 0 Å². The Morgan fingerprint density at radius 2 is 1.95 bits per heavy atom. The fraction of sp³-hybridized carbons (Fsp3) is 0.500. The van der Waals surface area contributed by atoms with Crippen LogP contribution in [0, 0.1) is 11.3 Å². The highest BCUT2D eigenvalue weighted by Crippen LogP contribution is 2.32. The summed E-state index contributed by atoms with van der Waals surface area (Å²) >= 11 is 0. The molecule has 0 amide bonds. The van der Waals surface area contributed by atoms with E-state index in [2.05, 4.69) is 10.2 Å². The van der Waals surface area contributed by atoms with Gasteiger partial charge in [0, 0.05) is 18.8 Å². The van der Waals surface area contributed by atoms with E-state index in [9.17, 15) is 13.2 Å². The number of alkyl halides is 3. The van der Waals surface area contributed by atoms with E-state index >= 15 is 0 Å². The SMILES string of the molecule is N#Cc1cc(NCCN2CCCC2)ccc1C(F)(F)F. The summed E-state index contributed by atoms with van der Waals surface area (Å²) in [5.41, 5.74) is -0.678. The van der Waals surface area contributed by atoms with E-state index in [1.807, 2.05) is 0 Å². The number of halogens is 3. The number of nitriles is 1. The Balaban J connectivity index is 1.97. The second kappa shape index (κ2) is 6.14. The topological polar surface area (TPSA) is 39.1 Å². The van der Waals surface area contributed by atoms with Gasteiger partial charge in [0.05, 0.1) is 17.2 Å². The molecule has 2 rings (SSSR count). The molecule has 1 aromatic carbocycles. The summed E-state index contributed by atoms with van der Waals surface area (Å²) in [4.78, 5) is 2.31. The van der Waals surface area contributed by atoms with Gasteiger partial charge in [-0.25, -0.2) is 0 Å². The first-order valence-corrected chi connectivity index (χ1v) is 6.58. The summed E-state index contributed by atoms with van der Waals surface area (Å²) in [7, 11) is 0. The first-order chi connectivity index (χ1) is 9.50. The Morgan fingerprint density at radius 3 is 2.55 bits per heavy atom. The zero-order valence-electron chi connectivity index (χ0n) is 11.0. The standard InChI is InChI=1S/C14H16F3N3/c15-14(16,17)13-4-3-12(9-11(13)10-18)19-5-8-20-6-1-2-7-20/h3-4,9,19H,1-2,5-8H2. The smallest absolute Gasteiger partial charge is 0.384 e. The predicted octanol–water partition coefficient (Wildman–Crippen LogP) is 3.08. The molecule has 1 heterocycles. The van der Waals surface area contributed by atoms with Crippen molar-refractivity contribution in [3.05, 3.63) is 29.3 Å². The van der Waals surface area contributed by atoms with E-state index in [1.165, 1.54) is 25.0 Å². The largest absolute Gasteiger partial charge is 0.417 e. The third-order valence-corrected chi connectivity index (χ3v) is 3.40. The first-order valence-electron chi connectivity index (χ1n) is 6.58. The summed E-state index contributed by atoms with van der Waals surface area (Å²) in [6, 6.07) is 5.18. The third-order valence-electron chi connectivity index (χ3n) is 3.40. The van der Waals surface area contributed by atoms with E-state index in [0.717, 1.165) is 25.7 Å². The van der Waals surface area contributed by atoms with Crippen LogP contribution in [0.1, 0.15) is 24.0 Å². The maximum absolute atomic E-state index is 12.6. The summed E-state index contributed by atoms with van der Waals surface area (Å²) in [5.74, 6) is 0.